The number of methoxy groups -OCH3 is 1. The topological polar surface area (TPSA) is 39.1 Å². The average Bonchev–Trinajstić information content (AvgIpc) is 3.02. The third-order valence-electron chi connectivity index (χ3n) is 3.38. The maximum absolute atomic E-state index is 6.48. The number of aromatic nitrogens is 2. The number of aryl methyl sites for hydroxylation is 1. The first-order valence-corrected chi connectivity index (χ1v) is 8.35. The monoisotopic (exact) mass is 327 g/mol. The van der Waals surface area contributed by atoms with Crippen molar-refractivity contribution in [3.05, 3.63) is 32.7 Å². The molecule has 0 amide bonds. The first kappa shape index (κ1) is 16.3. The molecular formula is C15H22ClN3OS. The number of halogens is 1. The van der Waals surface area contributed by atoms with Gasteiger partial charge in [-0.15, -0.1) is 11.3 Å². The normalized spacial score (nSPS) is 12.9. The molecule has 0 saturated heterocycles. The zero-order valence-electron chi connectivity index (χ0n) is 13.1. The number of thiophene rings is 1. The largest absolute Gasteiger partial charge is 0.493 e. The Morgan fingerprint density at radius 3 is 2.67 bits per heavy atom. The molecule has 1 N–H and O–H groups in total. The predicted molar refractivity (Wildman–Crippen MR) is 88.7 cm³/mol. The van der Waals surface area contributed by atoms with Crippen molar-refractivity contribution in [3.63, 3.8) is 0 Å². The van der Waals surface area contributed by atoms with Crippen LogP contribution in [0.5, 0.6) is 5.75 Å². The van der Waals surface area contributed by atoms with E-state index in [4.69, 9.17) is 16.3 Å². The third kappa shape index (κ3) is 3.10. The van der Waals surface area contributed by atoms with Crippen LogP contribution >= 0.6 is 22.9 Å². The van der Waals surface area contributed by atoms with Gasteiger partial charge in [-0.2, -0.15) is 5.10 Å². The maximum Gasteiger partial charge on any atom is 0.161 e. The van der Waals surface area contributed by atoms with Crippen LogP contribution in [0.4, 0.5) is 0 Å². The van der Waals surface area contributed by atoms with E-state index in [-0.39, 0.29) is 12.1 Å². The highest BCUT2D eigenvalue weighted by Gasteiger charge is 2.27. The number of hydrogen-bond acceptors (Lipinski definition) is 4. The van der Waals surface area contributed by atoms with Crippen LogP contribution in [0.1, 0.15) is 49.0 Å². The van der Waals surface area contributed by atoms with Gasteiger partial charge in [-0.05, 0) is 38.3 Å². The molecule has 6 heteroatoms. The van der Waals surface area contributed by atoms with Crippen molar-refractivity contribution in [1.29, 1.82) is 0 Å². The molecule has 0 aliphatic rings. The second-order valence-corrected chi connectivity index (χ2v) is 6.51. The van der Waals surface area contributed by atoms with E-state index < -0.39 is 0 Å². The minimum absolute atomic E-state index is 0.0129. The van der Waals surface area contributed by atoms with Crippen molar-refractivity contribution >= 4 is 22.9 Å². The lowest BCUT2D eigenvalue weighted by Gasteiger charge is -2.22. The van der Waals surface area contributed by atoms with E-state index in [2.05, 4.69) is 36.6 Å². The van der Waals surface area contributed by atoms with Gasteiger partial charge in [0.05, 0.1) is 24.4 Å². The second-order valence-electron chi connectivity index (χ2n) is 5.22. The first-order valence-electron chi connectivity index (χ1n) is 7.09. The molecule has 0 radical (unpaired) electrons. The van der Waals surface area contributed by atoms with Gasteiger partial charge in [0.25, 0.3) is 0 Å². The van der Waals surface area contributed by atoms with E-state index in [0.717, 1.165) is 33.5 Å². The Morgan fingerprint density at radius 1 is 1.48 bits per heavy atom. The SMILES string of the molecule is CCNC(c1scc(C)c1Cl)c1c(OC)cnn1C(C)C. The van der Waals surface area contributed by atoms with Gasteiger partial charge >= 0.3 is 0 Å². The van der Waals surface area contributed by atoms with Crippen LogP contribution in [-0.2, 0) is 0 Å². The molecule has 2 aromatic rings. The fourth-order valence-electron chi connectivity index (χ4n) is 2.36. The summed E-state index contributed by atoms with van der Waals surface area (Å²) < 4.78 is 7.51. The minimum Gasteiger partial charge on any atom is -0.493 e. The summed E-state index contributed by atoms with van der Waals surface area (Å²) in [6.45, 7) is 9.18. The van der Waals surface area contributed by atoms with E-state index in [9.17, 15) is 0 Å². The van der Waals surface area contributed by atoms with Crippen molar-refractivity contribution < 1.29 is 4.74 Å². The summed E-state index contributed by atoms with van der Waals surface area (Å²) in [4.78, 5) is 1.11. The molecule has 0 fully saturated rings. The molecule has 2 heterocycles. The number of nitrogens with zero attached hydrogens (tertiary/aromatic N) is 2. The lowest BCUT2D eigenvalue weighted by Crippen LogP contribution is -2.25. The van der Waals surface area contributed by atoms with Crippen LogP contribution in [-0.4, -0.2) is 23.4 Å². The van der Waals surface area contributed by atoms with Crippen molar-refractivity contribution in [2.45, 2.75) is 39.8 Å². The van der Waals surface area contributed by atoms with Crippen LogP contribution in [0.15, 0.2) is 11.6 Å². The van der Waals surface area contributed by atoms with Crippen LogP contribution in [0.25, 0.3) is 0 Å². The molecule has 21 heavy (non-hydrogen) atoms. The van der Waals surface area contributed by atoms with Crippen LogP contribution < -0.4 is 10.1 Å². The smallest absolute Gasteiger partial charge is 0.161 e. The number of rotatable bonds is 6. The van der Waals surface area contributed by atoms with Crippen LogP contribution in [0.3, 0.4) is 0 Å². The zero-order chi connectivity index (χ0) is 15.6. The summed E-state index contributed by atoms with van der Waals surface area (Å²) in [7, 11) is 1.68. The van der Waals surface area contributed by atoms with Gasteiger partial charge in [0.2, 0.25) is 0 Å². The van der Waals surface area contributed by atoms with E-state index in [1.54, 1.807) is 24.6 Å². The summed E-state index contributed by atoms with van der Waals surface area (Å²) in [5.74, 6) is 0.789. The fraction of sp³-hybridized carbons (Fsp3) is 0.533. The van der Waals surface area contributed by atoms with E-state index in [0.29, 0.717) is 0 Å². The predicted octanol–water partition coefficient (Wildman–Crippen LogP) is 4.19. The molecule has 1 atom stereocenters. The number of hydrogen-bond donors (Lipinski definition) is 1. The van der Waals surface area contributed by atoms with Gasteiger partial charge in [0.1, 0.15) is 5.69 Å². The van der Waals surface area contributed by atoms with E-state index in [1.807, 2.05) is 11.6 Å². The quantitative estimate of drug-likeness (QED) is 0.864. The minimum atomic E-state index is -0.0129. The summed E-state index contributed by atoms with van der Waals surface area (Å²) in [6, 6.07) is 0.242. The molecule has 1 unspecified atom stereocenters. The molecule has 0 aromatic carbocycles. The van der Waals surface area contributed by atoms with Gasteiger partial charge in [-0.1, -0.05) is 18.5 Å². The lowest BCUT2D eigenvalue weighted by atomic mass is 10.1. The molecule has 0 spiro atoms. The summed E-state index contributed by atoms with van der Waals surface area (Å²) >= 11 is 8.15. The van der Waals surface area contributed by atoms with E-state index in [1.165, 1.54) is 0 Å². The Kier molecular flexibility index (Phi) is 5.30. The van der Waals surface area contributed by atoms with Crippen molar-refractivity contribution in [3.8, 4) is 5.75 Å². The van der Waals surface area contributed by atoms with Crippen molar-refractivity contribution in [2.75, 3.05) is 13.7 Å². The van der Waals surface area contributed by atoms with Crippen LogP contribution in [0, 0.1) is 6.92 Å². The molecule has 2 aromatic heterocycles. The molecule has 0 bridgehead atoms. The first-order chi connectivity index (χ1) is 10.0. The second kappa shape index (κ2) is 6.81. The Morgan fingerprint density at radius 2 is 2.19 bits per heavy atom. The highest BCUT2D eigenvalue weighted by molar-refractivity contribution is 7.10. The van der Waals surface area contributed by atoms with Gasteiger partial charge < -0.3 is 10.1 Å². The summed E-state index contributed by atoms with van der Waals surface area (Å²) in [5.41, 5.74) is 2.13. The van der Waals surface area contributed by atoms with Gasteiger partial charge in [0, 0.05) is 10.9 Å². The summed E-state index contributed by atoms with van der Waals surface area (Å²) in [6.07, 6.45) is 1.77. The molecule has 0 aliphatic heterocycles. The van der Waals surface area contributed by atoms with Gasteiger partial charge in [-0.25, -0.2) is 0 Å². The van der Waals surface area contributed by atoms with Gasteiger partial charge in [-0.3, -0.25) is 4.68 Å². The molecule has 0 aliphatic carbocycles. The molecule has 2 rings (SSSR count). The highest BCUT2D eigenvalue weighted by Crippen LogP contribution is 2.39. The average molecular weight is 328 g/mol. The lowest BCUT2D eigenvalue weighted by molar-refractivity contribution is 0.395. The van der Waals surface area contributed by atoms with E-state index >= 15 is 0 Å². The standard InChI is InChI=1S/C15H22ClN3OS/c1-6-17-13(15-12(16)10(4)8-21-15)14-11(20-5)7-18-19(14)9(2)3/h7-9,13,17H,6H2,1-5H3. The number of ether oxygens (including phenoxy) is 1. The van der Waals surface area contributed by atoms with Crippen molar-refractivity contribution in [1.82, 2.24) is 15.1 Å². The fourth-order valence-corrected chi connectivity index (χ4v) is 3.74. The van der Waals surface area contributed by atoms with Crippen LogP contribution in [0.2, 0.25) is 5.02 Å². The highest BCUT2D eigenvalue weighted by atomic mass is 35.5. The Labute approximate surface area is 135 Å². The third-order valence-corrected chi connectivity index (χ3v) is 5.16. The molecule has 0 saturated carbocycles. The van der Waals surface area contributed by atoms with Gasteiger partial charge in [0.15, 0.2) is 5.75 Å². The Bertz CT molecular complexity index is 606. The molecule has 4 nitrogen and oxygen atoms in total. The Balaban J connectivity index is 2.57. The molecular weight excluding hydrogens is 306 g/mol. The summed E-state index contributed by atoms with van der Waals surface area (Å²) in [5, 5.41) is 10.9. The van der Waals surface area contributed by atoms with Crippen molar-refractivity contribution in [2.24, 2.45) is 0 Å². The maximum atomic E-state index is 6.48. The number of nitrogens with one attached hydrogen (secondary N) is 1. The zero-order valence-corrected chi connectivity index (χ0v) is 14.7. The Hall–Kier alpha value is -1.04. The molecule has 116 valence electrons.